The van der Waals surface area contributed by atoms with Gasteiger partial charge in [-0.3, -0.25) is 4.79 Å². The second kappa shape index (κ2) is 25.5. The van der Waals surface area contributed by atoms with Gasteiger partial charge in [-0.2, -0.15) is 0 Å². The van der Waals surface area contributed by atoms with Crippen LogP contribution in [0.2, 0.25) is 0 Å². The predicted octanol–water partition coefficient (Wildman–Crippen LogP) is 11.1. The van der Waals surface area contributed by atoms with Crippen molar-refractivity contribution in [3.8, 4) is 5.75 Å². The first kappa shape index (κ1) is 31.5. The van der Waals surface area contributed by atoms with E-state index in [0.29, 0.717) is 12.2 Å². The van der Waals surface area contributed by atoms with Gasteiger partial charge < -0.3 is 4.74 Å². The molecule has 0 unspecified atom stereocenters. The number of rotatable bonds is 25. The monoisotopic (exact) mass is 484 g/mol. The highest BCUT2D eigenvalue weighted by Crippen LogP contribution is 2.15. The number of esters is 1. The SMILES string of the molecule is CCCCCCCCCCCCCCCCCCCCCC/C=C/CCC(=O)Oc1ccccc1. The molecule has 1 aromatic carbocycles. The Kier molecular flexibility index (Phi) is 22.9. The highest BCUT2D eigenvalue weighted by Gasteiger charge is 2.02. The van der Waals surface area contributed by atoms with E-state index >= 15 is 0 Å². The first-order chi connectivity index (χ1) is 17.3. The van der Waals surface area contributed by atoms with Gasteiger partial charge in [0.15, 0.2) is 0 Å². The molecule has 0 saturated heterocycles. The third-order valence-electron chi connectivity index (χ3n) is 6.88. The quantitative estimate of drug-likeness (QED) is 0.0597. The summed E-state index contributed by atoms with van der Waals surface area (Å²) in [4.78, 5) is 11.8. The maximum absolute atomic E-state index is 11.8. The lowest BCUT2D eigenvalue weighted by Gasteiger charge is -2.04. The second-order valence-electron chi connectivity index (χ2n) is 10.3. The summed E-state index contributed by atoms with van der Waals surface area (Å²) < 4.78 is 5.29. The molecule has 0 N–H and O–H groups in total. The zero-order valence-electron chi connectivity index (χ0n) is 23.1. The summed E-state index contributed by atoms with van der Waals surface area (Å²) in [6.07, 6.45) is 35.2. The molecule has 0 fully saturated rings. The molecule has 0 bridgehead atoms. The molecule has 35 heavy (non-hydrogen) atoms. The van der Waals surface area contributed by atoms with Crippen LogP contribution in [0.4, 0.5) is 0 Å². The number of unbranched alkanes of at least 4 members (excludes halogenated alkanes) is 20. The largest absolute Gasteiger partial charge is 0.427 e. The number of carbonyl (C=O) groups excluding carboxylic acids is 1. The van der Waals surface area contributed by atoms with Crippen LogP contribution in [0.15, 0.2) is 42.5 Å². The number of para-hydroxylation sites is 1. The van der Waals surface area contributed by atoms with Gasteiger partial charge in [0.2, 0.25) is 0 Å². The molecule has 0 saturated carbocycles. The first-order valence-electron chi connectivity index (χ1n) is 15.2. The van der Waals surface area contributed by atoms with E-state index in [1.54, 1.807) is 0 Å². The van der Waals surface area contributed by atoms with Crippen molar-refractivity contribution in [2.24, 2.45) is 0 Å². The van der Waals surface area contributed by atoms with Crippen LogP contribution >= 0.6 is 0 Å². The van der Waals surface area contributed by atoms with Crippen molar-refractivity contribution in [1.82, 2.24) is 0 Å². The standard InChI is InChI=1S/C33H56O2/c1-2-3-4-5-6-7-8-9-10-11-12-13-14-15-16-17-18-19-20-21-22-23-24-28-31-33(34)35-32-29-26-25-27-30-32/h23-27,29-30H,2-22,28,31H2,1H3/b24-23+. The normalized spacial score (nSPS) is 11.3. The van der Waals surface area contributed by atoms with Crippen molar-refractivity contribution >= 4 is 5.97 Å². The van der Waals surface area contributed by atoms with Gasteiger partial charge in [-0.1, -0.05) is 159 Å². The Morgan fingerprint density at radius 2 is 0.971 bits per heavy atom. The number of benzene rings is 1. The summed E-state index contributed by atoms with van der Waals surface area (Å²) in [6.45, 7) is 2.29. The van der Waals surface area contributed by atoms with E-state index in [-0.39, 0.29) is 5.97 Å². The molecule has 0 atom stereocenters. The molecule has 1 rings (SSSR count). The van der Waals surface area contributed by atoms with E-state index in [1.807, 2.05) is 30.3 Å². The summed E-state index contributed by atoms with van der Waals surface area (Å²) in [5, 5.41) is 0. The van der Waals surface area contributed by atoms with Crippen LogP contribution in [0.1, 0.15) is 155 Å². The molecule has 0 radical (unpaired) electrons. The Morgan fingerprint density at radius 3 is 1.43 bits per heavy atom. The van der Waals surface area contributed by atoms with E-state index in [4.69, 9.17) is 4.74 Å². The van der Waals surface area contributed by atoms with Gasteiger partial charge in [0, 0.05) is 6.42 Å². The predicted molar refractivity (Wildman–Crippen MR) is 153 cm³/mol. The molecule has 0 aliphatic rings. The molecule has 0 aliphatic carbocycles. The Bertz CT molecular complexity index is 592. The molecule has 1 aromatic rings. The van der Waals surface area contributed by atoms with Crippen molar-refractivity contribution in [1.29, 1.82) is 0 Å². The van der Waals surface area contributed by atoms with Crippen LogP contribution in [0.3, 0.4) is 0 Å². The van der Waals surface area contributed by atoms with Crippen LogP contribution in [0.25, 0.3) is 0 Å². The molecule has 0 spiro atoms. The van der Waals surface area contributed by atoms with Crippen molar-refractivity contribution in [2.45, 2.75) is 155 Å². The fourth-order valence-corrected chi connectivity index (χ4v) is 4.63. The van der Waals surface area contributed by atoms with Gasteiger partial charge in [-0.05, 0) is 31.4 Å². The van der Waals surface area contributed by atoms with Crippen molar-refractivity contribution in [3.63, 3.8) is 0 Å². The lowest BCUT2D eigenvalue weighted by molar-refractivity contribution is -0.134. The average Bonchev–Trinajstić information content (AvgIpc) is 2.87. The molecule has 200 valence electrons. The first-order valence-corrected chi connectivity index (χ1v) is 15.2. The average molecular weight is 485 g/mol. The van der Waals surface area contributed by atoms with Gasteiger partial charge in [-0.25, -0.2) is 0 Å². The maximum atomic E-state index is 11.8. The minimum Gasteiger partial charge on any atom is -0.427 e. The smallest absolute Gasteiger partial charge is 0.311 e. The minimum atomic E-state index is -0.153. The van der Waals surface area contributed by atoms with E-state index in [0.717, 1.165) is 12.8 Å². The second-order valence-corrected chi connectivity index (χ2v) is 10.3. The fraction of sp³-hybridized carbons (Fsp3) is 0.727. The number of hydrogen-bond donors (Lipinski definition) is 0. The van der Waals surface area contributed by atoms with Crippen LogP contribution < -0.4 is 4.74 Å². The van der Waals surface area contributed by atoms with E-state index < -0.39 is 0 Å². The highest BCUT2D eigenvalue weighted by atomic mass is 16.5. The van der Waals surface area contributed by atoms with Crippen molar-refractivity contribution < 1.29 is 9.53 Å². The number of ether oxygens (including phenoxy) is 1. The number of carbonyl (C=O) groups is 1. The van der Waals surface area contributed by atoms with E-state index in [1.165, 1.54) is 128 Å². The van der Waals surface area contributed by atoms with E-state index in [2.05, 4.69) is 19.1 Å². The summed E-state index contributed by atoms with van der Waals surface area (Å²) in [5.41, 5.74) is 0. The van der Waals surface area contributed by atoms with Crippen molar-refractivity contribution in [2.75, 3.05) is 0 Å². The third-order valence-corrected chi connectivity index (χ3v) is 6.88. The Morgan fingerprint density at radius 1 is 0.571 bits per heavy atom. The van der Waals surface area contributed by atoms with Crippen LogP contribution in [-0.2, 0) is 4.79 Å². The van der Waals surface area contributed by atoms with Crippen molar-refractivity contribution in [3.05, 3.63) is 42.5 Å². The molecule has 2 heteroatoms. The Hall–Kier alpha value is -1.57. The summed E-state index contributed by atoms with van der Waals surface area (Å²) in [6, 6.07) is 9.30. The molecule has 0 aliphatic heterocycles. The molecule has 0 aromatic heterocycles. The van der Waals surface area contributed by atoms with Crippen LogP contribution in [-0.4, -0.2) is 5.97 Å². The number of allylic oxidation sites excluding steroid dienone is 2. The van der Waals surface area contributed by atoms with Gasteiger partial charge in [0.05, 0.1) is 0 Å². The zero-order chi connectivity index (χ0) is 25.1. The van der Waals surface area contributed by atoms with Gasteiger partial charge in [0.1, 0.15) is 5.75 Å². The van der Waals surface area contributed by atoms with Gasteiger partial charge in [-0.15, -0.1) is 0 Å². The molecule has 0 heterocycles. The van der Waals surface area contributed by atoms with Crippen LogP contribution in [0.5, 0.6) is 5.75 Å². The number of hydrogen-bond acceptors (Lipinski definition) is 2. The summed E-state index contributed by atoms with van der Waals surface area (Å²) >= 11 is 0. The maximum Gasteiger partial charge on any atom is 0.311 e. The molecular weight excluding hydrogens is 428 g/mol. The third kappa shape index (κ3) is 22.6. The van der Waals surface area contributed by atoms with E-state index in [9.17, 15) is 4.79 Å². The van der Waals surface area contributed by atoms with Gasteiger partial charge in [0.25, 0.3) is 0 Å². The minimum absolute atomic E-state index is 0.153. The molecular formula is C33H56O2. The Balaban J connectivity index is 1.72. The highest BCUT2D eigenvalue weighted by molar-refractivity contribution is 5.72. The molecule has 0 amide bonds. The topological polar surface area (TPSA) is 26.3 Å². The lowest BCUT2D eigenvalue weighted by atomic mass is 10.0. The Labute approximate surface area is 218 Å². The fourth-order valence-electron chi connectivity index (χ4n) is 4.63. The van der Waals surface area contributed by atoms with Gasteiger partial charge >= 0.3 is 5.97 Å². The van der Waals surface area contributed by atoms with Crippen LogP contribution in [0, 0.1) is 0 Å². The molecule has 2 nitrogen and oxygen atoms in total. The lowest BCUT2D eigenvalue weighted by Crippen LogP contribution is -2.06. The summed E-state index contributed by atoms with van der Waals surface area (Å²) in [5.74, 6) is 0.477. The zero-order valence-corrected chi connectivity index (χ0v) is 23.1. The summed E-state index contributed by atoms with van der Waals surface area (Å²) in [7, 11) is 0.